The Bertz CT molecular complexity index is 249. The molecule has 2 aliphatic rings. The summed E-state index contributed by atoms with van der Waals surface area (Å²) >= 11 is 1.65. The molecule has 1 amide bonds. The number of fused-ring (bicyclic) bond motifs is 1. The molecule has 3 nitrogen and oxygen atoms in total. The van der Waals surface area contributed by atoms with Gasteiger partial charge in [0.15, 0.2) is 0 Å². The molecule has 0 aromatic heterocycles. The largest absolute Gasteiger partial charge is 0.306 e. The van der Waals surface area contributed by atoms with E-state index in [9.17, 15) is 9.59 Å². The second-order valence-corrected chi connectivity index (χ2v) is 3.76. The highest BCUT2D eigenvalue weighted by Gasteiger charge is 2.37. The van der Waals surface area contributed by atoms with Gasteiger partial charge in [0.25, 0.3) is 0 Å². The van der Waals surface area contributed by atoms with Crippen molar-refractivity contribution in [3.8, 4) is 0 Å². The van der Waals surface area contributed by atoms with E-state index < -0.39 is 0 Å². The van der Waals surface area contributed by atoms with Crippen LogP contribution in [0.4, 0.5) is 0 Å². The Hall–Kier alpha value is -0.770. The Kier molecular flexibility index (Phi) is 1.49. The molecule has 0 aliphatic carbocycles. The van der Waals surface area contributed by atoms with Gasteiger partial charge in [-0.15, -0.1) is 11.8 Å². The van der Waals surface area contributed by atoms with Gasteiger partial charge in [-0.25, -0.2) is 0 Å². The molecule has 11 heavy (non-hydrogen) atoms. The van der Waals surface area contributed by atoms with Crippen molar-refractivity contribution >= 4 is 24.0 Å². The van der Waals surface area contributed by atoms with Crippen molar-refractivity contribution in [1.82, 2.24) is 4.90 Å². The lowest BCUT2D eigenvalue weighted by Crippen LogP contribution is -2.49. The number of carbonyl (C=O) groups excluding carboxylic acids is 2. The van der Waals surface area contributed by atoms with E-state index in [4.69, 9.17) is 0 Å². The highest BCUT2D eigenvalue weighted by atomic mass is 32.2. The van der Waals surface area contributed by atoms with Crippen molar-refractivity contribution in [1.29, 1.82) is 0 Å². The molecule has 2 aliphatic heterocycles. The molecule has 0 saturated carbocycles. The predicted molar refractivity (Wildman–Crippen MR) is 41.9 cm³/mol. The third-order valence-corrected chi connectivity index (χ3v) is 3.12. The van der Waals surface area contributed by atoms with Gasteiger partial charge in [-0.2, -0.15) is 0 Å². The highest BCUT2D eigenvalue weighted by Crippen LogP contribution is 2.34. The van der Waals surface area contributed by atoms with Crippen molar-refractivity contribution in [3.05, 3.63) is 11.8 Å². The third-order valence-electron chi connectivity index (χ3n) is 1.85. The van der Waals surface area contributed by atoms with Crippen LogP contribution in [0.15, 0.2) is 11.8 Å². The summed E-state index contributed by atoms with van der Waals surface area (Å²) in [4.78, 5) is 22.8. The smallest absolute Gasteiger partial charge is 0.230 e. The number of carbonyl (C=O) groups is 2. The number of hydrogen-bond donors (Lipinski definition) is 0. The average Bonchev–Trinajstić information content (AvgIpc) is 2.03. The lowest BCUT2D eigenvalue weighted by atomic mass is 10.2. The van der Waals surface area contributed by atoms with Gasteiger partial charge in [0, 0.05) is 17.5 Å². The summed E-state index contributed by atoms with van der Waals surface area (Å²) in [5.74, 6) is 0.874. The third kappa shape index (κ3) is 0.976. The maximum Gasteiger partial charge on any atom is 0.230 e. The number of rotatable bonds is 1. The second kappa shape index (κ2) is 2.37. The van der Waals surface area contributed by atoms with Gasteiger partial charge in [0.05, 0.1) is 11.8 Å². The Labute approximate surface area is 68.4 Å². The zero-order valence-corrected chi connectivity index (χ0v) is 6.63. The number of amides is 1. The molecule has 4 heteroatoms. The fourth-order valence-corrected chi connectivity index (χ4v) is 2.30. The van der Waals surface area contributed by atoms with Gasteiger partial charge in [0.2, 0.25) is 5.91 Å². The van der Waals surface area contributed by atoms with Crippen molar-refractivity contribution in [2.75, 3.05) is 5.75 Å². The summed E-state index contributed by atoms with van der Waals surface area (Å²) < 4.78 is 0. The second-order valence-electron chi connectivity index (χ2n) is 2.59. The Balaban J connectivity index is 2.18. The van der Waals surface area contributed by atoms with Crippen LogP contribution in [0.1, 0.15) is 6.42 Å². The first-order chi connectivity index (χ1) is 5.31. The SMILES string of the molecule is O=CC1=CN2C(=O)C[C@@H]2SC1. The van der Waals surface area contributed by atoms with E-state index in [1.165, 1.54) is 0 Å². The van der Waals surface area contributed by atoms with Crippen LogP contribution >= 0.6 is 11.8 Å². The van der Waals surface area contributed by atoms with E-state index in [2.05, 4.69) is 0 Å². The fraction of sp³-hybridized carbons (Fsp3) is 0.429. The molecule has 1 atom stereocenters. The molecule has 2 heterocycles. The molecule has 0 radical (unpaired) electrons. The van der Waals surface area contributed by atoms with Gasteiger partial charge in [-0.05, 0) is 0 Å². The average molecular weight is 169 g/mol. The maximum absolute atomic E-state index is 10.9. The van der Waals surface area contributed by atoms with Gasteiger partial charge in [0.1, 0.15) is 6.29 Å². The predicted octanol–water partition coefficient (Wildman–Crippen LogP) is 0.374. The molecule has 58 valence electrons. The number of thioether (sulfide) groups is 1. The maximum atomic E-state index is 10.9. The van der Waals surface area contributed by atoms with E-state index in [0.717, 1.165) is 12.0 Å². The zero-order chi connectivity index (χ0) is 7.84. The van der Waals surface area contributed by atoms with Gasteiger partial charge in [-0.3, -0.25) is 9.59 Å². The molecule has 0 aromatic carbocycles. The monoisotopic (exact) mass is 169 g/mol. The molecule has 0 aromatic rings. The first-order valence-electron chi connectivity index (χ1n) is 3.40. The number of hydrogen-bond acceptors (Lipinski definition) is 3. The summed E-state index contributed by atoms with van der Waals surface area (Å²) in [6.07, 6.45) is 3.11. The molecule has 0 bridgehead atoms. The number of β-lactam (4-membered cyclic amide) rings is 1. The minimum Gasteiger partial charge on any atom is -0.306 e. The van der Waals surface area contributed by atoms with Crippen LogP contribution in [-0.2, 0) is 9.59 Å². The first kappa shape index (κ1) is 6.91. The molecule has 2 rings (SSSR count). The number of aldehydes is 1. The zero-order valence-electron chi connectivity index (χ0n) is 5.82. The Morgan fingerprint density at radius 3 is 3.18 bits per heavy atom. The van der Waals surface area contributed by atoms with Gasteiger partial charge < -0.3 is 4.90 Å². The Morgan fingerprint density at radius 2 is 2.55 bits per heavy atom. The lowest BCUT2D eigenvalue weighted by Gasteiger charge is -2.40. The van der Waals surface area contributed by atoms with Crippen LogP contribution in [0.3, 0.4) is 0 Å². The van der Waals surface area contributed by atoms with Gasteiger partial charge in [-0.1, -0.05) is 0 Å². The summed E-state index contributed by atoms with van der Waals surface area (Å²) in [5, 5.41) is 0.311. The van der Waals surface area contributed by atoms with Crippen LogP contribution in [0, 0.1) is 0 Å². The minimum absolute atomic E-state index is 0.126. The van der Waals surface area contributed by atoms with Crippen molar-refractivity contribution in [2.24, 2.45) is 0 Å². The van der Waals surface area contributed by atoms with Crippen LogP contribution in [0.25, 0.3) is 0 Å². The number of nitrogens with zero attached hydrogens (tertiary/aromatic N) is 1. The van der Waals surface area contributed by atoms with Crippen LogP contribution in [0.2, 0.25) is 0 Å². The normalized spacial score (nSPS) is 28.7. The van der Waals surface area contributed by atoms with Crippen molar-refractivity contribution in [2.45, 2.75) is 11.8 Å². The van der Waals surface area contributed by atoms with Crippen LogP contribution < -0.4 is 0 Å². The van der Waals surface area contributed by atoms with Gasteiger partial charge >= 0.3 is 0 Å². The minimum atomic E-state index is 0.126. The summed E-state index contributed by atoms with van der Waals surface area (Å²) in [5.41, 5.74) is 0.708. The Morgan fingerprint density at radius 1 is 1.73 bits per heavy atom. The lowest BCUT2D eigenvalue weighted by molar-refractivity contribution is -0.137. The van der Waals surface area contributed by atoms with Crippen molar-refractivity contribution < 1.29 is 9.59 Å². The summed E-state index contributed by atoms with van der Waals surface area (Å²) in [6, 6.07) is 0. The molecule has 0 N–H and O–H groups in total. The summed E-state index contributed by atoms with van der Waals surface area (Å²) in [6.45, 7) is 0. The first-order valence-corrected chi connectivity index (χ1v) is 4.45. The summed E-state index contributed by atoms with van der Waals surface area (Å²) in [7, 11) is 0. The molecular formula is C7H7NO2S. The molecule has 1 saturated heterocycles. The van der Waals surface area contributed by atoms with E-state index in [-0.39, 0.29) is 5.91 Å². The van der Waals surface area contributed by atoms with E-state index in [0.29, 0.717) is 17.4 Å². The van der Waals surface area contributed by atoms with E-state index in [1.54, 1.807) is 22.9 Å². The topological polar surface area (TPSA) is 37.4 Å². The van der Waals surface area contributed by atoms with Crippen LogP contribution in [-0.4, -0.2) is 28.2 Å². The van der Waals surface area contributed by atoms with Crippen LogP contribution in [0.5, 0.6) is 0 Å². The van der Waals surface area contributed by atoms with E-state index >= 15 is 0 Å². The molecular weight excluding hydrogens is 162 g/mol. The highest BCUT2D eigenvalue weighted by molar-refractivity contribution is 8.00. The molecule has 1 fully saturated rings. The van der Waals surface area contributed by atoms with E-state index in [1.807, 2.05) is 0 Å². The quantitative estimate of drug-likeness (QED) is 0.420. The standard InChI is InChI=1S/C7H7NO2S/c9-3-5-2-8-6(10)1-7(8)11-4-5/h2-3,7H,1,4H2/t7-/m0/s1. The molecule has 0 spiro atoms. The molecule has 0 unspecified atom stereocenters. The van der Waals surface area contributed by atoms with Crippen molar-refractivity contribution in [3.63, 3.8) is 0 Å². The fourth-order valence-electron chi connectivity index (χ4n) is 1.17.